The van der Waals surface area contributed by atoms with E-state index in [0.29, 0.717) is 12.1 Å². The van der Waals surface area contributed by atoms with Crippen molar-refractivity contribution >= 4 is 5.91 Å². The summed E-state index contributed by atoms with van der Waals surface area (Å²) in [6, 6.07) is -0.535. The van der Waals surface area contributed by atoms with Crippen molar-refractivity contribution in [3.05, 3.63) is 46.8 Å². The molecule has 0 saturated heterocycles. The molecule has 0 bridgehead atoms. The SMILES string of the molecule is C[C@@H]1CN(C(=O)C[C@H](N)Cc2cc(F)c(F)cc2F)Cc2nnc(C(F)(F)F)n21. The molecule has 2 heterocycles. The first-order chi connectivity index (χ1) is 13.5. The second-order valence-electron chi connectivity index (χ2n) is 6.96. The Labute approximate surface area is 161 Å². The first-order valence-electron chi connectivity index (χ1n) is 8.65. The summed E-state index contributed by atoms with van der Waals surface area (Å²) >= 11 is 0. The van der Waals surface area contributed by atoms with Gasteiger partial charge in [-0.1, -0.05) is 0 Å². The molecule has 0 unspecified atom stereocenters. The third-order valence-electron chi connectivity index (χ3n) is 4.64. The first-order valence-corrected chi connectivity index (χ1v) is 8.65. The summed E-state index contributed by atoms with van der Waals surface area (Å²) in [5.74, 6) is -5.16. The average molecular weight is 421 g/mol. The molecule has 2 atom stereocenters. The van der Waals surface area contributed by atoms with Crippen molar-refractivity contribution in [1.29, 1.82) is 0 Å². The Balaban J connectivity index is 1.67. The smallest absolute Gasteiger partial charge is 0.333 e. The molecule has 0 radical (unpaired) electrons. The molecule has 3 rings (SSSR count). The van der Waals surface area contributed by atoms with E-state index in [0.717, 1.165) is 4.57 Å². The van der Waals surface area contributed by atoms with Crippen molar-refractivity contribution in [2.75, 3.05) is 6.54 Å². The van der Waals surface area contributed by atoms with Gasteiger partial charge >= 0.3 is 6.18 Å². The molecule has 29 heavy (non-hydrogen) atoms. The standard InChI is InChI=1S/C17H17F6N5O/c1-8-6-27(7-14-25-26-16(28(8)14)17(21,22)23)15(29)4-10(24)2-9-3-12(19)13(20)5-11(9)18/h3,5,8,10H,2,4,6-7,24H2,1H3/t8-,10-/m1/s1. The lowest BCUT2D eigenvalue weighted by Crippen LogP contribution is -2.43. The molecule has 1 aromatic carbocycles. The van der Waals surface area contributed by atoms with Crippen molar-refractivity contribution in [1.82, 2.24) is 19.7 Å². The zero-order chi connectivity index (χ0) is 21.5. The molecule has 0 fully saturated rings. The predicted molar refractivity (Wildman–Crippen MR) is 87.8 cm³/mol. The third-order valence-corrected chi connectivity index (χ3v) is 4.64. The molecule has 1 aliphatic rings. The van der Waals surface area contributed by atoms with Crippen molar-refractivity contribution in [2.24, 2.45) is 5.73 Å². The van der Waals surface area contributed by atoms with E-state index in [4.69, 9.17) is 5.73 Å². The second-order valence-corrected chi connectivity index (χ2v) is 6.96. The van der Waals surface area contributed by atoms with Gasteiger partial charge in [-0.05, 0) is 25.0 Å². The molecule has 12 heteroatoms. The number of carbonyl (C=O) groups excluding carboxylic acids is 1. The third kappa shape index (κ3) is 4.36. The summed E-state index contributed by atoms with van der Waals surface area (Å²) in [7, 11) is 0. The van der Waals surface area contributed by atoms with Gasteiger partial charge in [-0.3, -0.25) is 4.79 Å². The lowest BCUT2D eigenvalue weighted by Gasteiger charge is -2.33. The molecule has 0 spiro atoms. The van der Waals surface area contributed by atoms with Crippen LogP contribution >= 0.6 is 0 Å². The Bertz CT molecular complexity index is 928. The minimum absolute atomic E-state index is 0.00959. The number of nitrogens with zero attached hydrogens (tertiary/aromatic N) is 4. The molecule has 2 aromatic rings. The van der Waals surface area contributed by atoms with Crippen molar-refractivity contribution in [3.63, 3.8) is 0 Å². The van der Waals surface area contributed by atoms with E-state index >= 15 is 0 Å². The summed E-state index contributed by atoms with van der Waals surface area (Å²) < 4.78 is 80.0. The number of fused-ring (bicyclic) bond motifs is 1. The maximum atomic E-state index is 13.7. The summed E-state index contributed by atoms with van der Waals surface area (Å²) in [4.78, 5) is 13.8. The van der Waals surface area contributed by atoms with Crippen LogP contribution in [0.25, 0.3) is 0 Å². The van der Waals surface area contributed by atoms with Gasteiger partial charge in [0.15, 0.2) is 17.5 Å². The van der Waals surface area contributed by atoms with Crippen LogP contribution in [0, 0.1) is 17.5 Å². The zero-order valence-electron chi connectivity index (χ0n) is 15.2. The van der Waals surface area contributed by atoms with E-state index in [2.05, 4.69) is 10.2 Å². The minimum Gasteiger partial charge on any atom is -0.333 e. The highest BCUT2D eigenvalue weighted by atomic mass is 19.4. The molecule has 0 aliphatic carbocycles. The van der Waals surface area contributed by atoms with Crippen LogP contribution in [-0.4, -0.2) is 38.2 Å². The van der Waals surface area contributed by atoms with Crippen molar-refractivity contribution in [3.8, 4) is 0 Å². The predicted octanol–water partition coefficient (Wildman–Crippen LogP) is 2.58. The Morgan fingerprint density at radius 1 is 1.21 bits per heavy atom. The number of alkyl halides is 3. The fourth-order valence-corrected chi connectivity index (χ4v) is 3.34. The van der Waals surface area contributed by atoms with Gasteiger partial charge in [-0.25, -0.2) is 13.2 Å². The Morgan fingerprint density at radius 3 is 2.52 bits per heavy atom. The summed E-state index contributed by atoms with van der Waals surface area (Å²) in [6.45, 7) is 1.30. The molecule has 1 aliphatic heterocycles. The van der Waals surface area contributed by atoms with Gasteiger partial charge in [0.2, 0.25) is 11.7 Å². The highest BCUT2D eigenvalue weighted by Crippen LogP contribution is 2.32. The van der Waals surface area contributed by atoms with Crippen LogP contribution in [0.4, 0.5) is 26.3 Å². The van der Waals surface area contributed by atoms with Crippen LogP contribution in [0.1, 0.15) is 36.6 Å². The van der Waals surface area contributed by atoms with Crippen LogP contribution < -0.4 is 5.73 Å². The van der Waals surface area contributed by atoms with E-state index in [9.17, 15) is 31.1 Å². The number of nitrogens with two attached hydrogens (primary N) is 1. The van der Waals surface area contributed by atoms with E-state index < -0.39 is 47.4 Å². The van der Waals surface area contributed by atoms with Crippen LogP contribution in [0.2, 0.25) is 0 Å². The largest absolute Gasteiger partial charge is 0.451 e. The summed E-state index contributed by atoms with van der Waals surface area (Å²) in [5.41, 5.74) is 5.67. The summed E-state index contributed by atoms with van der Waals surface area (Å²) in [5, 5.41) is 6.70. The fourth-order valence-electron chi connectivity index (χ4n) is 3.34. The Kier molecular flexibility index (Phi) is 5.57. The normalized spacial score (nSPS) is 17.9. The maximum Gasteiger partial charge on any atom is 0.451 e. The molecule has 6 nitrogen and oxygen atoms in total. The highest BCUT2D eigenvalue weighted by molar-refractivity contribution is 5.77. The molecule has 158 valence electrons. The van der Waals surface area contributed by atoms with Gasteiger partial charge in [0.1, 0.15) is 5.82 Å². The molecule has 2 N–H and O–H groups in total. The van der Waals surface area contributed by atoms with E-state index in [1.165, 1.54) is 11.8 Å². The van der Waals surface area contributed by atoms with E-state index in [1.54, 1.807) is 0 Å². The van der Waals surface area contributed by atoms with Gasteiger partial charge in [-0.15, -0.1) is 10.2 Å². The second kappa shape index (κ2) is 7.65. The number of carbonyl (C=O) groups is 1. The zero-order valence-corrected chi connectivity index (χ0v) is 15.2. The molecule has 0 saturated carbocycles. The van der Waals surface area contributed by atoms with E-state index in [-0.39, 0.29) is 37.3 Å². The Morgan fingerprint density at radius 2 is 1.86 bits per heavy atom. The lowest BCUT2D eigenvalue weighted by molar-refractivity contribution is -0.149. The molecule has 1 aromatic heterocycles. The molecular formula is C17H17F6N5O. The first kappa shape index (κ1) is 21.1. The number of amides is 1. The van der Waals surface area contributed by atoms with Gasteiger partial charge in [0.25, 0.3) is 0 Å². The van der Waals surface area contributed by atoms with Crippen molar-refractivity contribution < 1.29 is 31.1 Å². The quantitative estimate of drug-likeness (QED) is 0.608. The monoisotopic (exact) mass is 421 g/mol. The number of halogens is 6. The van der Waals surface area contributed by atoms with Gasteiger partial charge in [0, 0.05) is 25.1 Å². The van der Waals surface area contributed by atoms with Gasteiger partial charge in [-0.2, -0.15) is 13.2 Å². The van der Waals surface area contributed by atoms with Crippen molar-refractivity contribution in [2.45, 2.75) is 44.6 Å². The maximum absolute atomic E-state index is 13.7. The number of benzene rings is 1. The molecular weight excluding hydrogens is 404 g/mol. The Hall–Kier alpha value is -2.63. The number of rotatable bonds is 4. The fraction of sp³-hybridized carbons (Fsp3) is 0.471. The van der Waals surface area contributed by atoms with Crippen LogP contribution in [0.3, 0.4) is 0 Å². The number of aromatic nitrogens is 3. The van der Waals surface area contributed by atoms with Gasteiger partial charge < -0.3 is 15.2 Å². The topological polar surface area (TPSA) is 77.0 Å². The average Bonchev–Trinajstić information content (AvgIpc) is 3.04. The highest BCUT2D eigenvalue weighted by Gasteiger charge is 2.41. The van der Waals surface area contributed by atoms with Crippen LogP contribution in [0.15, 0.2) is 12.1 Å². The number of hydrogen-bond donors (Lipinski definition) is 1. The summed E-state index contributed by atoms with van der Waals surface area (Å²) in [6.07, 6.45) is -5.14. The van der Waals surface area contributed by atoms with E-state index in [1.807, 2.05) is 0 Å². The van der Waals surface area contributed by atoms with Crippen LogP contribution in [-0.2, 0) is 23.9 Å². The van der Waals surface area contributed by atoms with Crippen LogP contribution in [0.5, 0.6) is 0 Å². The van der Waals surface area contributed by atoms with Gasteiger partial charge in [0.05, 0.1) is 12.6 Å². The molecule has 1 amide bonds. The number of hydrogen-bond acceptors (Lipinski definition) is 4. The minimum atomic E-state index is -4.66. The lowest BCUT2D eigenvalue weighted by atomic mass is 10.0.